The van der Waals surface area contributed by atoms with Crippen LogP contribution >= 0.6 is 0 Å². The molecule has 0 radical (unpaired) electrons. The van der Waals surface area contributed by atoms with Gasteiger partial charge in [0.2, 0.25) is 0 Å². The van der Waals surface area contributed by atoms with Crippen LogP contribution in [0.4, 0.5) is 5.82 Å². The number of nitrogens with zero attached hydrogens (tertiary/aromatic N) is 2. The number of ether oxygens (including phenoxy) is 1. The number of pyridine rings is 1. The number of hydrogen-bond donors (Lipinski definition) is 0. The van der Waals surface area contributed by atoms with Crippen LogP contribution in [0, 0.1) is 6.92 Å². The Kier molecular flexibility index (Phi) is 3.13. The molecule has 86 valence electrons. The SMILES string of the molecule is C=C(OCC)c1c(C)ccnc1N1CCC1. The van der Waals surface area contributed by atoms with Gasteiger partial charge in [-0.25, -0.2) is 4.98 Å². The van der Waals surface area contributed by atoms with Crippen LogP contribution in [0.2, 0.25) is 0 Å². The van der Waals surface area contributed by atoms with E-state index in [2.05, 4.69) is 23.4 Å². The molecule has 1 aromatic rings. The van der Waals surface area contributed by atoms with Crippen LogP contribution in [0.25, 0.3) is 5.76 Å². The summed E-state index contributed by atoms with van der Waals surface area (Å²) in [6.45, 7) is 10.9. The molecule has 0 amide bonds. The van der Waals surface area contributed by atoms with Gasteiger partial charge in [-0.05, 0) is 31.9 Å². The average molecular weight is 218 g/mol. The summed E-state index contributed by atoms with van der Waals surface area (Å²) in [5, 5.41) is 0. The van der Waals surface area contributed by atoms with Crippen LogP contribution in [0.5, 0.6) is 0 Å². The van der Waals surface area contributed by atoms with Crippen LogP contribution in [0.1, 0.15) is 24.5 Å². The summed E-state index contributed by atoms with van der Waals surface area (Å²) >= 11 is 0. The summed E-state index contributed by atoms with van der Waals surface area (Å²) in [6, 6.07) is 2.00. The molecule has 0 N–H and O–H groups in total. The summed E-state index contributed by atoms with van der Waals surface area (Å²) in [6.07, 6.45) is 3.10. The molecule has 0 atom stereocenters. The van der Waals surface area contributed by atoms with Crippen molar-refractivity contribution in [1.29, 1.82) is 0 Å². The van der Waals surface area contributed by atoms with Gasteiger partial charge in [0.1, 0.15) is 11.6 Å². The minimum absolute atomic E-state index is 0.645. The largest absolute Gasteiger partial charge is 0.494 e. The number of aryl methyl sites for hydroxylation is 1. The summed E-state index contributed by atoms with van der Waals surface area (Å²) in [5.41, 5.74) is 2.24. The second-order valence-corrected chi connectivity index (χ2v) is 4.02. The molecule has 1 fully saturated rings. The molecule has 0 spiro atoms. The third kappa shape index (κ3) is 1.90. The van der Waals surface area contributed by atoms with E-state index in [-0.39, 0.29) is 0 Å². The van der Waals surface area contributed by atoms with E-state index >= 15 is 0 Å². The molecule has 2 rings (SSSR count). The monoisotopic (exact) mass is 218 g/mol. The van der Waals surface area contributed by atoms with Crippen LogP contribution in [-0.4, -0.2) is 24.7 Å². The molecule has 0 saturated carbocycles. The highest BCUT2D eigenvalue weighted by Crippen LogP contribution is 2.30. The zero-order chi connectivity index (χ0) is 11.5. The van der Waals surface area contributed by atoms with Crippen LogP contribution in [0.15, 0.2) is 18.8 Å². The van der Waals surface area contributed by atoms with Crippen LogP contribution in [0.3, 0.4) is 0 Å². The molecule has 3 heteroatoms. The summed E-state index contributed by atoms with van der Waals surface area (Å²) < 4.78 is 5.51. The molecule has 3 nitrogen and oxygen atoms in total. The normalized spacial score (nSPS) is 14.5. The van der Waals surface area contributed by atoms with Crippen LogP contribution < -0.4 is 4.90 Å². The van der Waals surface area contributed by atoms with Crippen molar-refractivity contribution in [3.05, 3.63) is 30.0 Å². The first-order valence-electron chi connectivity index (χ1n) is 5.76. The van der Waals surface area contributed by atoms with E-state index in [1.54, 1.807) is 0 Å². The van der Waals surface area contributed by atoms with E-state index in [1.165, 1.54) is 12.0 Å². The minimum atomic E-state index is 0.645. The molecule has 1 aliphatic rings. The number of anilines is 1. The lowest BCUT2D eigenvalue weighted by atomic mass is 10.1. The molecule has 16 heavy (non-hydrogen) atoms. The van der Waals surface area contributed by atoms with E-state index in [4.69, 9.17) is 4.74 Å². The molecular weight excluding hydrogens is 200 g/mol. The standard InChI is InChI=1S/C13H18N2O/c1-4-16-11(3)12-10(2)6-7-14-13(12)15-8-5-9-15/h6-7H,3-5,8-9H2,1-2H3. The quantitative estimate of drug-likeness (QED) is 0.726. The molecule has 0 bridgehead atoms. The Bertz CT molecular complexity index is 397. The second kappa shape index (κ2) is 4.56. The highest BCUT2D eigenvalue weighted by molar-refractivity contribution is 5.72. The predicted molar refractivity (Wildman–Crippen MR) is 66.5 cm³/mol. The zero-order valence-corrected chi connectivity index (χ0v) is 9.99. The van der Waals surface area contributed by atoms with Gasteiger partial charge in [0.05, 0.1) is 12.2 Å². The first-order valence-corrected chi connectivity index (χ1v) is 5.76. The summed E-state index contributed by atoms with van der Waals surface area (Å²) in [7, 11) is 0. The Morgan fingerprint density at radius 2 is 2.31 bits per heavy atom. The molecule has 0 aromatic carbocycles. The van der Waals surface area contributed by atoms with Gasteiger partial charge in [-0.15, -0.1) is 0 Å². The fraction of sp³-hybridized carbons (Fsp3) is 0.462. The highest BCUT2D eigenvalue weighted by Gasteiger charge is 2.21. The third-order valence-electron chi connectivity index (χ3n) is 2.89. The van der Waals surface area contributed by atoms with Crippen molar-refractivity contribution in [1.82, 2.24) is 4.98 Å². The fourth-order valence-corrected chi connectivity index (χ4v) is 1.90. The first-order chi connectivity index (χ1) is 7.74. The predicted octanol–water partition coefficient (Wildman–Crippen LogP) is 2.61. The van der Waals surface area contributed by atoms with Crippen molar-refractivity contribution in [2.24, 2.45) is 0 Å². The van der Waals surface area contributed by atoms with Gasteiger partial charge in [-0.1, -0.05) is 6.58 Å². The maximum Gasteiger partial charge on any atom is 0.139 e. The van der Waals surface area contributed by atoms with Gasteiger partial charge < -0.3 is 9.64 Å². The van der Waals surface area contributed by atoms with E-state index in [9.17, 15) is 0 Å². The summed E-state index contributed by atoms with van der Waals surface area (Å²) in [5.74, 6) is 1.75. The first kappa shape index (κ1) is 11.0. The van der Waals surface area contributed by atoms with E-state index in [0.717, 1.165) is 30.2 Å². The molecule has 0 unspecified atom stereocenters. The minimum Gasteiger partial charge on any atom is -0.494 e. The van der Waals surface area contributed by atoms with Crippen molar-refractivity contribution in [2.75, 3.05) is 24.6 Å². The van der Waals surface area contributed by atoms with Gasteiger partial charge >= 0.3 is 0 Å². The Labute approximate surface area is 96.7 Å². The van der Waals surface area contributed by atoms with E-state index in [1.807, 2.05) is 19.2 Å². The van der Waals surface area contributed by atoms with E-state index < -0.39 is 0 Å². The number of aromatic nitrogens is 1. The van der Waals surface area contributed by atoms with Gasteiger partial charge in [-0.3, -0.25) is 0 Å². The van der Waals surface area contributed by atoms with Gasteiger partial charge in [-0.2, -0.15) is 0 Å². The topological polar surface area (TPSA) is 25.4 Å². The number of hydrogen-bond acceptors (Lipinski definition) is 3. The highest BCUT2D eigenvalue weighted by atomic mass is 16.5. The lowest BCUT2D eigenvalue weighted by molar-refractivity contribution is 0.299. The van der Waals surface area contributed by atoms with Gasteiger partial charge in [0, 0.05) is 19.3 Å². The maximum atomic E-state index is 5.51. The second-order valence-electron chi connectivity index (χ2n) is 4.02. The Morgan fingerprint density at radius 3 is 2.88 bits per heavy atom. The van der Waals surface area contributed by atoms with Crippen molar-refractivity contribution in [2.45, 2.75) is 20.3 Å². The Morgan fingerprint density at radius 1 is 1.56 bits per heavy atom. The van der Waals surface area contributed by atoms with Crippen molar-refractivity contribution in [3.8, 4) is 0 Å². The third-order valence-corrected chi connectivity index (χ3v) is 2.89. The van der Waals surface area contributed by atoms with Crippen molar-refractivity contribution >= 4 is 11.6 Å². The molecule has 1 aromatic heterocycles. The van der Waals surface area contributed by atoms with Gasteiger partial charge in [0.15, 0.2) is 0 Å². The fourth-order valence-electron chi connectivity index (χ4n) is 1.90. The molecule has 1 saturated heterocycles. The lowest BCUT2D eigenvalue weighted by Crippen LogP contribution is -2.38. The molecule has 1 aliphatic heterocycles. The molecular formula is C13H18N2O. The molecule has 0 aliphatic carbocycles. The maximum absolute atomic E-state index is 5.51. The smallest absolute Gasteiger partial charge is 0.139 e. The molecule has 2 heterocycles. The lowest BCUT2D eigenvalue weighted by Gasteiger charge is -2.34. The van der Waals surface area contributed by atoms with Gasteiger partial charge in [0.25, 0.3) is 0 Å². The zero-order valence-electron chi connectivity index (χ0n) is 9.99. The van der Waals surface area contributed by atoms with Crippen LogP contribution in [-0.2, 0) is 4.74 Å². The van der Waals surface area contributed by atoms with E-state index in [0.29, 0.717) is 6.61 Å². The van der Waals surface area contributed by atoms with Crippen molar-refractivity contribution in [3.63, 3.8) is 0 Å². The Hall–Kier alpha value is -1.51. The van der Waals surface area contributed by atoms with Crippen molar-refractivity contribution < 1.29 is 4.74 Å². The number of rotatable bonds is 4. The Balaban J connectivity index is 2.35. The summed E-state index contributed by atoms with van der Waals surface area (Å²) in [4.78, 5) is 6.72. The average Bonchev–Trinajstić information content (AvgIpc) is 2.15.